The Hall–Kier alpha value is -2.44. The monoisotopic (exact) mass is 297 g/mol. The van der Waals surface area contributed by atoms with Crippen LogP contribution in [0.25, 0.3) is 0 Å². The molecule has 0 saturated heterocycles. The molecule has 0 aliphatic rings. The number of carbonyl (C=O) groups is 2. The molecule has 1 amide bonds. The Morgan fingerprint density at radius 2 is 1.67 bits per heavy atom. The van der Waals surface area contributed by atoms with E-state index in [1.54, 1.807) is 0 Å². The number of carbonyl (C=O) groups excluding carboxylic acids is 1. The summed E-state index contributed by atoms with van der Waals surface area (Å²) in [6.07, 6.45) is 0.376. The highest BCUT2D eigenvalue weighted by Gasteiger charge is 2.16. The highest BCUT2D eigenvalue weighted by Crippen LogP contribution is 2.38. The lowest BCUT2D eigenvalue weighted by Gasteiger charge is -2.14. The predicted molar refractivity (Wildman–Crippen MR) is 75.3 cm³/mol. The molecule has 116 valence electrons. The summed E-state index contributed by atoms with van der Waals surface area (Å²) in [5.41, 5.74) is 0.347. The molecule has 0 bridgehead atoms. The maximum absolute atomic E-state index is 12.0. The van der Waals surface area contributed by atoms with Gasteiger partial charge in [-0.25, -0.2) is 0 Å². The Morgan fingerprint density at radius 3 is 2.10 bits per heavy atom. The fourth-order valence-corrected chi connectivity index (χ4v) is 1.76. The fraction of sp³-hybridized carbons (Fsp3) is 0.429. The van der Waals surface area contributed by atoms with E-state index in [9.17, 15) is 9.59 Å². The van der Waals surface area contributed by atoms with Crippen molar-refractivity contribution in [2.45, 2.75) is 12.8 Å². The first-order valence-electron chi connectivity index (χ1n) is 6.33. The maximum Gasteiger partial charge on any atom is 0.303 e. The van der Waals surface area contributed by atoms with Crippen LogP contribution in [0.5, 0.6) is 17.2 Å². The number of aliphatic carboxylic acids is 1. The average Bonchev–Trinajstić information content (AvgIpc) is 2.49. The molecular weight excluding hydrogens is 278 g/mol. The highest BCUT2D eigenvalue weighted by atomic mass is 16.5. The second-order valence-corrected chi connectivity index (χ2v) is 4.17. The van der Waals surface area contributed by atoms with Gasteiger partial charge in [-0.1, -0.05) is 0 Å². The van der Waals surface area contributed by atoms with Crippen LogP contribution in [0.2, 0.25) is 0 Å². The lowest BCUT2D eigenvalue weighted by atomic mass is 10.1. The molecule has 0 spiro atoms. The van der Waals surface area contributed by atoms with E-state index < -0.39 is 5.97 Å². The van der Waals surface area contributed by atoms with Crippen molar-refractivity contribution in [3.63, 3.8) is 0 Å². The summed E-state index contributed by atoms with van der Waals surface area (Å²) in [7, 11) is 4.41. The molecule has 0 atom stereocenters. The van der Waals surface area contributed by atoms with E-state index in [-0.39, 0.29) is 18.9 Å². The van der Waals surface area contributed by atoms with Gasteiger partial charge in [-0.05, 0) is 18.6 Å². The van der Waals surface area contributed by atoms with Crippen molar-refractivity contribution in [3.05, 3.63) is 17.7 Å². The molecule has 1 aromatic carbocycles. The standard InChI is InChI=1S/C14H19NO6/c1-19-10-7-9(8-11(20-2)13(10)21-3)14(18)15-6-4-5-12(16)17/h7-8H,4-6H2,1-3H3,(H,15,18)(H,16,17). The van der Waals surface area contributed by atoms with Crippen LogP contribution in [0.1, 0.15) is 23.2 Å². The number of benzene rings is 1. The summed E-state index contributed by atoms with van der Waals surface area (Å²) >= 11 is 0. The first-order chi connectivity index (χ1) is 10.0. The van der Waals surface area contributed by atoms with Crippen LogP contribution in [0, 0.1) is 0 Å². The van der Waals surface area contributed by atoms with Crippen molar-refractivity contribution < 1.29 is 28.9 Å². The van der Waals surface area contributed by atoms with Gasteiger partial charge in [0.1, 0.15) is 0 Å². The number of amides is 1. The van der Waals surface area contributed by atoms with Crippen LogP contribution >= 0.6 is 0 Å². The number of nitrogens with one attached hydrogen (secondary N) is 1. The molecule has 7 nitrogen and oxygen atoms in total. The summed E-state index contributed by atoms with van der Waals surface area (Å²) < 4.78 is 15.5. The van der Waals surface area contributed by atoms with Crippen molar-refractivity contribution in [3.8, 4) is 17.2 Å². The van der Waals surface area contributed by atoms with E-state index in [0.29, 0.717) is 29.2 Å². The SMILES string of the molecule is COc1cc(C(=O)NCCCC(=O)O)cc(OC)c1OC. The molecule has 0 heterocycles. The number of hydrogen-bond donors (Lipinski definition) is 2. The third-order valence-electron chi connectivity index (χ3n) is 2.78. The van der Waals surface area contributed by atoms with Crippen molar-refractivity contribution >= 4 is 11.9 Å². The van der Waals surface area contributed by atoms with Crippen LogP contribution in [-0.2, 0) is 4.79 Å². The highest BCUT2D eigenvalue weighted by molar-refractivity contribution is 5.95. The molecule has 0 aromatic heterocycles. The minimum absolute atomic E-state index is 0.00946. The maximum atomic E-state index is 12.0. The van der Waals surface area contributed by atoms with Crippen LogP contribution < -0.4 is 19.5 Å². The van der Waals surface area contributed by atoms with Crippen LogP contribution in [0.4, 0.5) is 0 Å². The lowest BCUT2D eigenvalue weighted by molar-refractivity contribution is -0.137. The molecule has 1 aromatic rings. The number of methoxy groups -OCH3 is 3. The Morgan fingerprint density at radius 1 is 1.10 bits per heavy atom. The Kier molecular flexibility index (Phi) is 6.32. The van der Waals surface area contributed by atoms with Crippen molar-refractivity contribution in [2.75, 3.05) is 27.9 Å². The number of rotatable bonds is 8. The quantitative estimate of drug-likeness (QED) is 0.703. The summed E-state index contributed by atoms with van der Waals surface area (Å²) in [5.74, 6) is -0.0563. The second-order valence-electron chi connectivity index (χ2n) is 4.17. The summed E-state index contributed by atoms with van der Waals surface area (Å²) in [4.78, 5) is 22.4. The van der Waals surface area contributed by atoms with Crippen LogP contribution in [0.15, 0.2) is 12.1 Å². The van der Waals surface area contributed by atoms with Crippen LogP contribution in [-0.4, -0.2) is 44.9 Å². The van der Waals surface area contributed by atoms with E-state index in [0.717, 1.165) is 0 Å². The van der Waals surface area contributed by atoms with Gasteiger partial charge in [-0.15, -0.1) is 0 Å². The van der Waals surface area contributed by atoms with Crippen LogP contribution in [0.3, 0.4) is 0 Å². The third kappa shape index (κ3) is 4.55. The van der Waals surface area contributed by atoms with Gasteiger partial charge < -0.3 is 24.6 Å². The largest absolute Gasteiger partial charge is 0.493 e. The fourth-order valence-electron chi connectivity index (χ4n) is 1.76. The second kappa shape index (κ2) is 7.98. The zero-order valence-electron chi connectivity index (χ0n) is 12.3. The van der Waals surface area contributed by atoms with Gasteiger partial charge in [0.15, 0.2) is 11.5 Å². The smallest absolute Gasteiger partial charge is 0.303 e. The minimum atomic E-state index is -0.892. The number of ether oxygens (including phenoxy) is 3. The van der Waals surface area contributed by atoms with Gasteiger partial charge in [0.05, 0.1) is 21.3 Å². The third-order valence-corrected chi connectivity index (χ3v) is 2.78. The summed E-state index contributed by atoms with van der Waals surface area (Å²) in [6, 6.07) is 3.07. The lowest BCUT2D eigenvalue weighted by Crippen LogP contribution is -2.25. The number of carboxylic acid groups (broad SMARTS) is 1. The normalized spacial score (nSPS) is 9.86. The van der Waals surface area contributed by atoms with Crippen molar-refractivity contribution in [1.82, 2.24) is 5.32 Å². The van der Waals surface area contributed by atoms with E-state index in [2.05, 4.69) is 5.32 Å². The molecule has 7 heteroatoms. The molecular formula is C14H19NO6. The van der Waals surface area contributed by atoms with Gasteiger partial charge >= 0.3 is 5.97 Å². The first-order valence-corrected chi connectivity index (χ1v) is 6.33. The Labute approximate surface area is 122 Å². The van der Waals surface area contributed by atoms with Crippen molar-refractivity contribution in [2.24, 2.45) is 0 Å². The molecule has 21 heavy (non-hydrogen) atoms. The van der Waals surface area contributed by atoms with E-state index in [1.807, 2.05) is 0 Å². The molecule has 0 saturated carbocycles. The van der Waals surface area contributed by atoms with E-state index in [1.165, 1.54) is 33.5 Å². The van der Waals surface area contributed by atoms with Gasteiger partial charge in [-0.2, -0.15) is 0 Å². The zero-order valence-corrected chi connectivity index (χ0v) is 12.3. The zero-order chi connectivity index (χ0) is 15.8. The Bertz CT molecular complexity index is 489. The summed E-state index contributed by atoms with van der Waals surface area (Å²) in [6.45, 7) is 0.280. The number of carboxylic acids is 1. The molecule has 1 rings (SSSR count). The molecule has 0 unspecified atom stereocenters. The molecule has 2 N–H and O–H groups in total. The van der Waals surface area contributed by atoms with Gasteiger partial charge in [-0.3, -0.25) is 9.59 Å². The van der Waals surface area contributed by atoms with E-state index >= 15 is 0 Å². The number of hydrogen-bond acceptors (Lipinski definition) is 5. The Balaban J connectivity index is 2.82. The van der Waals surface area contributed by atoms with Gasteiger partial charge in [0, 0.05) is 18.5 Å². The summed E-state index contributed by atoms with van der Waals surface area (Å²) in [5, 5.41) is 11.2. The topological polar surface area (TPSA) is 94.1 Å². The van der Waals surface area contributed by atoms with Crippen molar-refractivity contribution in [1.29, 1.82) is 0 Å². The predicted octanol–water partition coefficient (Wildman–Crippen LogP) is 1.31. The molecule has 0 aliphatic carbocycles. The minimum Gasteiger partial charge on any atom is -0.493 e. The van der Waals surface area contributed by atoms with E-state index in [4.69, 9.17) is 19.3 Å². The molecule has 0 fully saturated rings. The average molecular weight is 297 g/mol. The van der Waals surface area contributed by atoms with Gasteiger partial charge in [0.25, 0.3) is 5.91 Å². The first kappa shape index (κ1) is 16.6. The van der Waals surface area contributed by atoms with Gasteiger partial charge in [0.2, 0.25) is 5.75 Å². The molecule has 0 aliphatic heterocycles. The molecule has 0 radical (unpaired) electrons.